The molecule has 0 aliphatic carbocycles. The third-order valence-electron chi connectivity index (χ3n) is 6.26. The van der Waals surface area contributed by atoms with E-state index in [1.54, 1.807) is 31.2 Å². The molecule has 4 aromatic carbocycles. The summed E-state index contributed by atoms with van der Waals surface area (Å²) in [7, 11) is 0. The van der Waals surface area contributed by atoms with E-state index in [1.807, 2.05) is 54.6 Å². The van der Waals surface area contributed by atoms with Crippen LogP contribution in [0.15, 0.2) is 84.9 Å². The van der Waals surface area contributed by atoms with Gasteiger partial charge in [0.1, 0.15) is 6.29 Å². The molecule has 0 spiro atoms. The minimum absolute atomic E-state index is 0.295. The summed E-state index contributed by atoms with van der Waals surface area (Å²) in [6.45, 7) is 1.76. The molecule has 0 saturated heterocycles. The average Bonchev–Trinajstić information content (AvgIpc) is 3.12. The van der Waals surface area contributed by atoms with E-state index < -0.39 is 23.8 Å². The zero-order valence-electron chi connectivity index (χ0n) is 19.0. The minimum atomic E-state index is -0.709. The van der Waals surface area contributed by atoms with Crippen LogP contribution in [0.2, 0.25) is 0 Å². The van der Waals surface area contributed by atoms with E-state index in [2.05, 4.69) is 5.32 Å². The number of fused-ring (bicyclic) bond motifs is 2. The van der Waals surface area contributed by atoms with Gasteiger partial charge in [-0.2, -0.15) is 0 Å². The second-order valence-electron chi connectivity index (χ2n) is 8.60. The Hall–Kier alpha value is -4.58. The average molecular weight is 463 g/mol. The van der Waals surface area contributed by atoms with E-state index in [-0.39, 0.29) is 0 Å². The highest BCUT2D eigenvalue weighted by Gasteiger charge is 2.37. The molecule has 3 amide bonds. The van der Waals surface area contributed by atoms with Crippen LogP contribution in [-0.4, -0.2) is 30.0 Å². The Balaban J connectivity index is 1.43. The normalized spacial score (nSPS) is 13.6. The lowest BCUT2D eigenvalue weighted by Gasteiger charge is -2.18. The molecule has 0 unspecified atom stereocenters. The number of carbonyl (C=O) groups is 4. The molecule has 0 aromatic heterocycles. The zero-order chi connectivity index (χ0) is 24.5. The third-order valence-corrected chi connectivity index (χ3v) is 6.26. The summed E-state index contributed by atoms with van der Waals surface area (Å²) in [6.07, 6.45) is 1.07. The highest BCUT2D eigenvalue weighted by Crippen LogP contribution is 2.32. The summed E-state index contributed by atoms with van der Waals surface area (Å²) in [6, 6.07) is 24.6. The van der Waals surface area contributed by atoms with Crippen molar-refractivity contribution in [3.8, 4) is 0 Å². The van der Waals surface area contributed by atoms with Crippen molar-refractivity contribution in [1.29, 1.82) is 0 Å². The fourth-order valence-corrected chi connectivity index (χ4v) is 4.40. The summed E-state index contributed by atoms with van der Waals surface area (Å²) in [5.41, 5.74) is 2.87. The Kier molecular flexibility index (Phi) is 5.71. The molecular formula is C29H22N2O4. The summed E-state index contributed by atoms with van der Waals surface area (Å²) >= 11 is 0. The van der Waals surface area contributed by atoms with Crippen LogP contribution < -0.4 is 10.2 Å². The van der Waals surface area contributed by atoms with Gasteiger partial charge in [-0.05, 0) is 59.5 Å². The number of anilines is 1. The lowest BCUT2D eigenvalue weighted by Crippen LogP contribution is -2.38. The van der Waals surface area contributed by atoms with Gasteiger partial charge < -0.3 is 10.1 Å². The van der Waals surface area contributed by atoms with Gasteiger partial charge in [-0.3, -0.25) is 14.4 Å². The first-order valence-electron chi connectivity index (χ1n) is 11.3. The monoisotopic (exact) mass is 462 g/mol. The Morgan fingerprint density at radius 2 is 1.46 bits per heavy atom. The molecule has 6 nitrogen and oxygen atoms in total. The van der Waals surface area contributed by atoms with Gasteiger partial charge in [0.05, 0.1) is 22.9 Å². The second kappa shape index (κ2) is 8.99. The molecular weight excluding hydrogens is 440 g/mol. The molecule has 1 heterocycles. The Morgan fingerprint density at radius 3 is 2.06 bits per heavy atom. The number of carbonyl (C=O) groups excluding carboxylic acids is 4. The van der Waals surface area contributed by atoms with Gasteiger partial charge in [0, 0.05) is 5.56 Å². The summed E-state index contributed by atoms with van der Waals surface area (Å²) < 4.78 is 0. The van der Waals surface area contributed by atoms with Crippen LogP contribution in [0.25, 0.3) is 10.8 Å². The van der Waals surface area contributed by atoms with Gasteiger partial charge >= 0.3 is 0 Å². The molecule has 5 rings (SSSR count). The largest absolute Gasteiger partial charge is 0.342 e. The first-order chi connectivity index (χ1) is 17.0. The maximum Gasteiger partial charge on any atom is 0.266 e. The van der Waals surface area contributed by atoms with Crippen molar-refractivity contribution in [2.75, 3.05) is 4.90 Å². The first kappa shape index (κ1) is 22.2. The number of aldehydes is 1. The number of hydrogen-bond acceptors (Lipinski definition) is 4. The topological polar surface area (TPSA) is 83.6 Å². The minimum Gasteiger partial charge on any atom is -0.342 e. The van der Waals surface area contributed by atoms with Crippen LogP contribution in [0.3, 0.4) is 0 Å². The highest BCUT2D eigenvalue weighted by molar-refractivity contribution is 6.35. The second-order valence-corrected chi connectivity index (χ2v) is 8.60. The molecule has 1 N–H and O–H groups in total. The fraction of sp³-hybridized carbons (Fsp3) is 0.103. The van der Waals surface area contributed by atoms with Crippen molar-refractivity contribution in [3.05, 3.63) is 113 Å². The van der Waals surface area contributed by atoms with Crippen molar-refractivity contribution in [2.45, 2.75) is 19.4 Å². The predicted octanol–water partition coefficient (Wildman–Crippen LogP) is 4.49. The molecule has 172 valence electrons. The smallest absolute Gasteiger partial charge is 0.266 e. The van der Waals surface area contributed by atoms with Crippen molar-refractivity contribution in [1.82, 2.24) is 5.32 Å². The molecule has 0 saturated carbocycles. The third kappa shape index (κ3) is 4.10. The Morgan fingerprint density at radius 1 is 0.857 bits per heavy atom. The van der Waals surface area contributed by atoms with Gasteiger partial charge in [0.25, 0.3) is 17.7 Å². The highest BCUT2D eigenvalue weighted by atomic mass is 16.2. The van der Waals surface area contributed by atoms with Gasteiger partial charge in [0.15, 0.2) is 0 Å². The predicted molar refractivity (Wildman–Crippen MR) is 134 cm³/mol. The van der Waals surface area contributed by atoms with Gasteiger partial charge in [-0.1, -0.05) is 60.7 Å². The fourth-order valence-electron chi connectivity index (χ4n) is 4.40. The Labute approximate surface area is 202 Å². The molecule has 6 heteroatoms. The number of nitrogens with one attached hydrogen (secondary N) is 1. The maximum atomic E-state index is 13.2. The van der Waals surface area contributed by atoms with E-state index in [1.165, 1.54) is 6.07 Å². The number of hydrogen-bond donors (Lipinski definition) is 1. The lowest BCUT2D eigenvalue weighted by atomic mass is 10.0. The lowest BCUT2D eigenvalue weighted by molar-refractivity contribution is -0.109. The summed E-state index contributed by atoms with van der Waals surface area (Å²) in [5.74, 6) is -1.30. The van der Waals surface area contributed by atoms with E-state index in [9.17, 15) is 19.2 Å². The van der Waals surface area contributed by atoms with Crippen LogP contribution >= 0.6 is 0 Å². The number of benzene rings is 4. The molecule has 1 atom stereocenters. The molecule has 0 radical (unpaired) electrons. The van der Waals surface area contributed by atoms with Crippen LogP contribution in [-0.2, 0) is 11.2 Å². The van der Waals surface area contributed by atoms with Crippen molar-refractivity contribution < 1.29 is 19.2 Å². The molecule has 0 fully saturated rings. The number of rotatable bonds is 6. The Bertz CT molecular complexity index is 1440. The molecule has 1 aliphatic rings. The SMILES string of the molecule is Cc1ccc(N2C(=O)c3cc4ccccc4cc3C2=O)cc1C(=O)N[C@H](C=O)Cc1ccccc1. The van der Waals surface area contributed by atoms with Crippen LogP contribution in [0.4, 0.5) is 5.69 Å². The quantitative estimate of drug-likeness (QED) is 0.338. The molecule has 35 heavy (non-hydrogen) atoms. The van der Waals surface area contributed by atoms with Crippen LogP contribution in [0.1, 0.15) is 42.2 Å². The van der Waals surface area contributed by atoms with Gasteiger partial charge in [-0.25, -0.2) is 4.90 Å². The van der Waals surface area contributed by atoms with E-state index >= 15 is 0 Å². The summed E-state index contributed by atoms with van der Waals surface area (Å²) in [4.78, 5) is 52.2. The van der Waals surface area contributed by atoms with E-state index in [0.29, 0.717) is 40.6 Å². The van der Waals surface area contributed by atoms with Crippen LogP contribution in [0, 0.1) is 6.92 Å². The van der Waals surface area contributed by atoms with E-state index in [4.69, 9.17) is 0 Å². The van der Waals surface area contributed by atoms with Gasteiger partial charge in [0.2, 0.25) is 0 Å². The molecule has 4 aromatic rings. The number of nitrogens with zero attached hydrogens (tertiary/aromatic N) is 1. The summed E-state index contributed by atoms with van der Waals surface area (Å²) in [5, 5.41) is 4.50. The first-order valence-corrected chi connectivity index (χ1v) is 11.3. The van der Waals surface area contributed by atoms with Crippen molar-refractivity contribution >= 4 is 40.5 Å². The van der Waals surface area contributed by atoms with E-state index in [0.717, 1.165) is 21.2 Å². The van der Waals surface area contributed by atoms with Gasteiger partial charge in [-0.15, -0.1) is 0 Å². The van der Waals surface area contributed by atoms with Crippen molar-refractivity contribution in [3.63, 3.8) is 0 Å². The number of imide groups is 1. The molecule has 1 aliphatic heterocycles. The van der Waals surface area contributed by atoms with Crippen molar-refractivity contribution in [2.24, 2.45) is 0 Å². The maximum absolute atomic E-state index is 13.2. The molecule has 0 bridgehead atoms. The standard InChI is InChI=1S/C29H22N2O4/c1-18-11-12-23(16-24(18)27(33)30-22(17-32)13-19-7-3-2-4-8-19)31-28(34)25-14-20-9-5-6-10-21(20)15-26(25)29(31)35/h2-12,14-17,22H,13H2,1H3,(H,30,33)/t22-/m0/s1. The zero-order valence-corrected chi connectivity index (χ0v) is 19.0. The number of aryl methyl sites for hydroxylation is 1. The number of amides is 3. The van der Waals surface area contributed by atoms with Crippen LogP contribution in [0.5, 0.6) is 0 Å².